The molecule has 0 amide bonds. The van der Waals surface area contributed by atoms with Crippen LogP contribution in [0, 0.1) is 17.8 Å². The van der Waals surface area contributed by atoms with E-state index in [9.17, 15) is 8.42 Å². The van der Waals surface area contributed by atoms with E-state index in [1.165, 1.54) is 25.5 Å². The molecule has 0 aromatic rings. The van der Waals surface area contributed by atoms with Crippen molar-refractivity contribution in [1.29, 1.82) is 0 Å². The summed E-state index contributed by atoms with van der Waals surface area (Å²) in [6.07, 6.45) is 6.02. The fourth-order valence-corrected chi connectivity index (χ4v) is 4.38. The van der Waals surface area contributed by atoms with Crippen molar-refractivity contribution in [1.82, 2.24) is 9.62 Å². The van der Waals surface area contributed by atoms with Crippen molar-refractivity contribution in [2.75, 3.05) is 32.4 Å². The molecule has 3 unspecified atom stereocenters. The molecular formula is C13H26N2O2S. The maximum absolute atomic E-state index is 11.6. The second-order valence-corrected chi connectivity index (χ2v) is 8.21. The van der Waals surface area contributed by atoms with Gasteiger partial charge in [0.25, 0.3) is 0 Å². The Kier molecular flexibility index (Phi) is 4.67. The summed E-state index contributed by atoms with van der Waals surface area (Å²) in [5, 5.41) is 3.48. The van der Waals surface area contributed by atoms with Crippen molar-refractivity contribution >= 4 is 10.0 Å². The maximum atomic E-state index is 11.6. The second-order valence-electron chi connectivity index (χ2n) is 6.23. The van der Waals surface area contributed by atoms with Crippen LogP contribution in [0.2, 0.25) is 0 Å². The van der Waals surface area contributed by atoms with Crippen molar-refractivity contribution in [3.63, 3.8) is 0 Å². The summed E-state index contributed by atoms with van der Waals surface area (Å²) in [5.41, 5.74) is 0. The van der Waals surface area contributed by atoms with Gasteiger partial charge in [0.05, 0.1) is 6.26 Å². The number of piperidine rings is 2. The second kappa shape index (κ2) is 5.88. The minimum Gasteiger partial charge on any atom is -0.316 e. The number of hydrogen-bond donors (Lipinski definition) is 1. The highest BCUT2D eigenvalue weighted by Gasteiger charge is 2.28. The molecule has 0 spiro atoms. The SMILES string of the molecule is CC1CNCC(CC2CCCN(S(C)(=O)=O)C2)C1. The van der Waals surface area contributed by atoms with E-state index in [2.05, 4.69) is 12.2 Å². The third-order valence-corrected chi connectivity index (χ3v) is 5.55. The zero-order valence-corrected chi connectivity index (χ0v) is 12.4. The summed E-state index contributed by atoms with van der Waals surface area (Å²) in [7, 11) is -2.99. The Bertz CT molecular complexity index is 369. The number of rotatable bonds is 3. The fourth-order valence-electron chi connectivity index (χ4n) is 3.44. The molecule has 18 heavy (non-hydrogen) atoms. The number of hydrogen-bond acceptors (Lipinski definition) is 3. The molecule has 106 valence electrons. The Balaban J connectivity index is 1.86. The van der Waals surface area contributed by atoms with Gasteiger partial charge in [-0.1, -0.05) is 6.92 Å². The summed E-state index contributed by atoms with van der Waals surface area (Å²) in [6, 6.07) is 0. The molecule has 2 heterocycles. The first-order valence-electron chi connectivity index (χ1n) is 7.11. The summed E-state index contributed by atoms with van der Waals surface area (Å²) in [5.74, 6) is 2.06. The first-order valence-corrected chi connectivity index (χ1v) is 8.96. The lowest BCUT2D eigenvalue weighted by Crippen LogP contribution is -2.41. The lowest BCUT2D eigenvalue weighted by Gasteiger charge is -2.35. The first kappa shape index (κ1) is 14.3. The van der Waals surface area contributed by atoms with Gasteiger partial charge in [0.15, 0.2) is 0 Å². The molecule has 0 radical (unpaired) electrons. The van der Waals surface area contributed by atoms with Gasteiger partial charge >= 0.3 is 0 Å². The average molecular weight is 274 g/mol. The molecule has 2 aliphatic heterocycles. The highest BCUT2D eigenvalue weighted by Crippen LogP contribution is 2.28. The molecule has 2 aliphatic rings. The molecule has 2 fully saturated rings. The van der Waals surface area contributed by atoms with E-state index in [0.717, 1.165) is 37.9 Å². The average Bonchev–Trinajstić information content (AvgIpc) is 2.28. The van der Waals surface area contributed by atoms with Gasteiger partial charge < -0.3 is 5.32 Å². The van der Waals surface area contributed by atoms with Crippen LogP contribution in [-0.2, 0) is 10.0 Å². The number of nitrogens with zero attached hydrogens (tertiary/aromatic N) is 1. The minimum atomic E-state index is -2.99. The first-order chi connectivity index (χ1) is 8.45. The van der Waals surface area contributed by atoms with Crippen LogP contribution in [0.25, 0.3) is 0 Å². The van der Waals surface area contributed by atoms with E-state index in [1.54, 1.807) is 4.31 Å². The smallest absolute Gasteiger partial charge is 0.211 e. The summed E-state index contributed by atoms with van der Waals surface area (Å²) < 4.78 is 24.8. The maximum Gasteiger partial charge on any atom is 0.211 e. The van der Waals surface area contributed by atoms with Gasteiger partial charge in [-0.25, -0.2) is 12.7 Å². The molecule has 1 N–H and O–H groups in total. The van der Waals surface area contributed by atoms with Gasteiger partial charge in [0.2, 0.25) is 10.0 Å². The summed E-state index contributed by atoms with van der Waals surface area (Å²) in [4.78, 5) is 0. The topological polar surface area (TPSA) is 49.4 Å². The van der Waals surface area contributed by atoms with Crippen molar-refractivity contribution < 1.29 is 8.42 Å². The van der Waals surface area contributed by atoms with Gasteiger partial charge in [0, 0.05) is 13.1 Å². The van der Waals surface area contributed by atoms with Gasteiger partial charge in [-0.15, -0.1) is 0 Å². The number of sulfonamides is 1. The van der Waals surface area contributed by atoms with Crippen molar-refractivity contribution in [2.45, 2.75) is 32.6 Å². The lowest BCUT2D eigenvalue weighted by atomic mass is 9.82. The highest BCUT2D eigenvalue weighted by atomic mass is 32.2. The standard InChI is InChI=1S/C13H26N2O2S/c1-11-6-13(9-14-8-11)7-12-4-3-5-15(10-12)18(2,16)17/h11-14H,3-10H2,1-2H3. The molecule has 0 aromatic heterocycles. The van der Waals surface area contributed by atoms with Crippen LogP contribution in [0.4, 0.5) is 0 Å². The number of nitrogens with one attached hydrogen (secondary N) is 1. The molecule has 0 aliphatic carbocycles. The molecular weight excluding hydrogens is 248 g/mol. The lowest BCUT2D eigenvalue weighted by molar-refractivity contribution is 0.198. The van der Waals surface area contributed by atoms with Crippen LogP contribution in [-0.4, -0.2) is 45.2 Å². The van der Waals surface area contributed by atoms with Gasteiger partial charge in [-0.3, -0.25) is 0 Å². The Hall–Kier alpha value is -0.130. The predicted molar refractivity (Wildman–Crippen MR) is 73.9 cm³/mol. The van der Waals surface area contributed by atoms with Gasteiger partial charge in [-0.05, 0) is 56.5 Å². The minimum absolute atomic E-state index is 0.561. The van der Waals surface area contributed by atoms with Crippen LogP contribution >= 0.6 is 0 Å². The van der Waals surface area contributed by atoms with Crippen LogP contribution in [0.3, 0.4) is 0 Å². The van der Waals surface area contributed by atoms with Crippen LogP contribution in [0.5, 0.6) is 0 Å². The zero-order chi connectivity index (χ0) is 13.2. The highest BCUT2D eigenvalue weighted by molar-refractivity contribution is 7.88. The van der Waals surface area contributed by atoms with E-state index in [1.807, 2.05) is 0 Å². The molecule has 2 saturated heterocycles. The molecule has 3 atom stereocenters. The predicted octanol–water partition coefficient (Wildman–Crippen LogP) is 1.29. The Labute approximate surface area is 111 Å². The van der Waals surface area contributed by atoms with Crippen molar-refractivity contribution in [2.24, 2.45) is 17.8 Å². The molecule has 4 nitrogen and oxygen atoms in total. The fraction of sp³-hybridized carbons (Fsp3) is 1.00. The molecule has 5 heteroatoms. The molecule has 0 saturated carbocycles. The summed E-state index contributed by atoms with van der Waals surface area (Å²) >= 11 is 0. The Morgan fingerprint density at radius 1 is 1.28 bits per heavy atom. The van der Waals surface area contributed by atoms with Crippen molar-refractivity contribution in [3.05, 3.63) is 0 Å². The van der Waals surface area contributed by atoms with Crippen LogP contribution in [0.15, 0.2) is 0 Å². The third kappa shape index (κ3) is 3.93. The van der Waals surface area contributed by atoms with E-state index >= 15 is 0 Å². The molecule has 2 rings (SSSR count). The van der Waals surface area contributed by atoms with Crippen LogP contribution < -0.4 is 5.32 Å². The van der Waals surface area contributed by atoms with Crippen LogP contribution in [0.1, 0.15) is 32.6 Å². The largest absolute Gasteiger partial charge is 0.316 e. The summed E-state index contributed by atoms with van der Waals surface area (Å²) in [6.45, 7) is 6.00. The van der Waals surface area contributed by atoms with E-state index in [4.69, 9.17) is 0 Å². The monoisotopic (exact) mass is 274 g/mol. The normalized spacial score (nSPS) is 35.6. The van der Waals surface area contributed by atoms with E-state index < -0.39 is 10.0 Å². The van der Waals surface area contributed by atoms with Crippen molar-refractivity contribution in [3.8, 4) is 0 Å². The Morgan fingerprint density at radius 2 is 2.06 bits per heavy atom. The van der Waals surface area contributed by atoms with Gasteiger partial charge in [-0.2, -0.15) is 0 Å². The quantitative estimate of drug-likeness (QED) is 0.844. The van der Waals surface area contributed by atoms with E-state index in [0.29, 0.717) is 12.5 Å². The zero-order valence-electron chi connectivity index (χ0n) is 11.6. The molecule has 0 bridgehead atoms. The Morgan fingerprint density at radius 3 is 2.72 bits per heavy atom. The van der Waals surface area contributed by atoms with Gasteiger partial charge in [0.1, 0.15) is 0 Å². The molecule has 0 aromatic carbocycles. The third-order valence-electron chi connectivity index (χ3n) is 4.28. The van der Waals surface area contributed by atoms with E-state index in [-0.39, 0.29) is 0 Å².